The summed E-state index contributed by atoms with van der Waals surface area (Å²) in [6.45, 7) is 5.46. The molecule has 0 saturated heterocycles. The normalized spacial score (nSPS) is 13.8. The van der Waals surface area contributed by atoms with Crippen LogP contribution in [0.5, 0.6) is 0 Å². The lowest BCUT2D eigenvalue weighted by Gasteiger charge is -2.18. The fourth-order valence-corrected chi connectivity index (χ4v) is 3.87. The summed E-state index contributed by atoms with van der Waals surface area (Å²) in [5, 5.41) is 2.70. The Hall–Kier alpha value is -2.97. The van der Waals surface area contributed by atoms with Crippen molar-refractivity contribution >= 4 is 33.2 Å². The van der Waals surface area contributed by atoms with Crippen molar-refractivity contribution in [2.45, 2.75) is 11.8 Å². The van der Waals surface area contributed by atoms with E-state index in [0.29, 0.717) is 28.1 Å². The molecule has 0 radical (unpaired) electrons. The van der Waals surface area contributed by atoms with E-state index in [1.54, 1.807) is 37.3 Å². The zero-order valence-electron chi connectivity index (χ0n) is 15.9. The molecule has 0 spiro atoms. The van der Waals surface area contributed by atoms with Gasteiger partial charge in [-0.3, -0.25) is 14.5 Å². The summed E-state index contributed by atoms with van der Waals surface area (Å²) in [4.78, 5) is 26.5. The standard InChI is InChI=1S/C20H21N3O4S/c1-13-9-10-15(28(26,27)22(3)4)11-18(13)21-19(24)12-23-14(2)16-7-5-6-8-17(16)20(23)25/h5-11H,2,12H2,1,3-4H3,(H,21,24). The van der Waals surface area contributed by atoms with Crippen molar-refractivity contribution in [2.24, 2.45) is 0 Å². The average molecular weight is 399 g/mol. The number of amides is 2. The second-order valence-corrected chi connectivity index (χ2v) is 8.85. The first-order valence-corrected chi connectivity index (χ1v) is 10.00. The van der Waals surface area contributed by atoms with Crippen LogP contribution in [0.15, 0.2) is 53.9 Å². The van der Waals surface area contributed by atoms with Gasteiger partial charge >= 0.3 is 0 Å². The quantitative estimate of drug-likeness (QED) is 0.836. The van der Waals surface area contributed by atoms with E-state index in [4.69, 9.17) is 0 Å². The number of benzene rings is 2. The molecule has 0 fully saturated rings. The van der Waals surface area contributed by atoms with Crippen molar-refractivity contribution in [1.82, 2.24) is 9.21 Å². The van der Waals surface area contributed by atoms with Crippen LogP contribution >= 0.6 is 0 Å². The van der Waals surface area contributed by atoms with E-state index in [-0.39, 0.29) is 17.3 Å². The van der Waals surface area contributed by atoms with Gasteiger partial charge in [0.1, 0.15) is 6.54 Å². The first kappa shape index (κ1) is 19.8. The van der Waals surface area contributed by atoms with Crippen LogP contribution in [0.4, 0.5) is 5.69 Å². The van der Waals surface area contributed by atoms with E-state index in [0.717, 1.165) is 4.31 Å². The number of rotatable bonds is 5. The summed E-state index contributed by atoms with van der Waals surface area (Å²) in [6.07, 6.45) is 0. The third kappa shape index (κ3) is 3.44. The fraction of sp³-hybridized carbons (Fsp3) is 0.200. The van der Waals surface area contributed by atoms with Crippen molar-refractivity contribution in [1.29, 1.82) is 0 Å². The van der Waals surface area contributed by atoms with Crippen molar-refractivity contribution in [3.05, 3.63) is 65.7 Å². The predicted molar refractivity (Wildman–Crippen MR) is 107 cm³/mol. The molecule has 1 heterocycles. The number of hydrogen-bond acceptors (Lipinski definition) is 4. The van der Waals surface area contributed by atoms with E-state index in [1.807, 2.05) is 0 Å². The lowest BCUT2D eigenvalue weighted by Crippen LogP contribution is -2.33. The molecule has 0 aromatic heterocycles. The van der Waals surface area contributed by atoms with Gasteiger partial charge < -0.3 is 5.32 Å². The Bertz CT molecular complexity index is 1060. The van der Waals surface area contributed by atoms with Gasteiger partial charge in [0.05, 0.1) is 4.90 Å². The summed E-state index contributed by atoms with van der Waals surface area (Å²) in [5.74, 6) is -0.721. The van der Waals surface area contributed by atoms with Gasteiger partial charge in [-0.2, -0.15) is 0 Å². The maximum atomic E-state index is 12.6. The maximum absolute atomic E-state index is 12.6. The molecule has 0 aliphatic carbocycles. The molecule has 28 heavy (non-hydrogen) atoms. The van der Waals surface area contributed by atoms with Crippen LogP contribution in [0.3, 0.4) is 0 Å². The minimum absolute atomic E-state index is 0.0764. The Balaban J connectivity index is 1.80. The second kappa shape index (κ2) is 7.21. The van der Waals surface area contributed by atoms with Gasteiger partial charge in [-0.25, -0.2) is 12.7 Å². The van der Waals surface area contributed by atoms with Crippen LogP contribution in [-0.4, -0.2) is 50.1 Å². The molecule has 2 amide bonds. The first-order valence-electron chi connectivity index (χ1n) is 8.56. The molecule has 0 atom stereocenters. The highest BCUT2D eigenvalue weighted by molar-refractivity contribution is 7.89. The molecule has 2 aromatic rings. The number of carbonyl (C=O) groups excluding carboxylic acids is 2. The monoisotopic (exact) mass is 399 g/mol. The summed E-state index contributed by atoms with van der Waals surface area (Å²) in [7, 11) is -0.744. The van der Waals surface area contributed by atoms with Gasteiger partial charge in [-0.1, -0.05) is 30.8 Å². The van der Waals surface area contributed by atoms with Crippen molar-refractivity contribution < 1.29 is 18.0 Å². The molecule has 2 aromatic carbocycles. The number of sulfonamides is 1. The molecule has 1 N–H and O–H groups in total. The minimum Gasteiger partial charge on any atom is -0.324 e. The highest BCUT2D eigenvalue weighted by Crippen LogP contribution is 2.31. The third-order valence-electron chi connectivity index (χ3n) is 4.60. The van der Waals surface area contributed by atoms with Gasteiger partial charge in [-0.05, 0) is 30.7 Å². The minimum atomic E-state index is -3.62. The molecule has 7 nitrogen and oxygen atoms in total. The largest absolute Gasteiger partial charge is 0.324 e. The molecule has 0 unspecified atom stereocenters. The summed E-state index contributed by atoms with van der Waals surface area (Å²) >= 11 is 0. The number of fused-ring (bicyclic) bond motifs is 1. The molecular weight excluding hydrogens is 378 g/mol. The van der Waals surface area contributed by atoms with Crippen molar-refractivity contribution in [3.8, 4) is 0 Å². The first-order chi connectivity index (χ1) is 13.1. The number of aryl methyl sites for hydroxylation is 1. The fourth-order valence-electron chi connectivity index (χ4n) is 2.94. The molecule has 1 aliphatic rings. The van der Waals surface area contributed by atoms with Crippen LogP contribution in [0.1, 0.15) is 21.5 Å². The highest BCUT2D eigenvalue weighted by atomic mass is 32.2. The Kier molecular flexibility index (Phi) is 5.10. The Morgan fingerprint density at radius 1 is 1.14 bits per heavy atom. The van der Waals surface area contributed by atoms with E-state index >= 15 is 0 Å². The van der Waals surface area contributed by atoms with Crippen LogP contribution in [0, 0.1) is 6.92 Å². The van der Waals surface area contributed by atoms with Crippen molar-refractivity contribution in [2.75, 3.05) is 26.0 Å². The van der Waals surface area contributed by atoms with E-state index in [9.17, 15) is 18.0 Å². The molecule has 0 saturated carbocycles. The second-order valence-electron chi connectivity index (χ2n) is 6.70. The maximum Gasteiger partial charge on any atom is 0.259 e. The van der Waals surface area contributed by atoms with Crippen LogP contribution in [-0.2, 0) is 14.8 Å². The van der Waals surface area contributed by atoms with Gasteiger partial charge in [-0.15, -0.1) is 0 Å². The van der Waals surface area contributed by atoms with Gasteiger partial charge in [0.15, 0.2) is 0 Å². The third-order valence-corrected chi connectivity index (χ3v) is 6.41. The Labute approximate surface area is 164 Å². The molecule has 8 heteroatoms. The van der Waals surface area contributed by atoms with Gasteiger partial charge in [0.2, 0.25) is 15.9 Å². The van der Waals surface area contributed by atoms with E-state index in [2.05, 4.69) is 11.9 Å². The summed E-state index contributed by atoms with van der Waals surface area (Å²) < 4.78 is 25.7. The van der Waals surface area contributed by atoms with Gasteiger partial charge in [0.25, 0.3) is 5.91 Å². The number of nitrogens with zero attached hydrogens (tertiary/aromatic N) is 2. The van der Waals surface area contributed by atoms with E-state index in [1.165, 1.54) is 31.1 Å². The molecule has 1 aliphatic heterocycles. The summed E-state index contributed by atoms with van der Waals surface area (Å²) in [6, 6.07) is 11.6. The van der Waals surface area contributed by atoms with Crippen LogP contribution in [0.25, 0.3) is 5.70 Å². The number of anilines is 1. The highest BCUT2D eigenvalue weighted by Gasteiger charge is 2.32. The predicted octanol–water partition coefficient (Wildman–Crippen LogP) is 2.31. The van der Waals surface area contributed by atoms with Crippen LogP contribution in [0.2, 0.25) is 0 Å². The molecular formula is C20H21N3O4S. The smallest absolute Gasteiger partial charge is 0.259 e. The number of hydrogen-bond donors (Lipinski definition) is 1. The zero-order valence-corrected chi connectivity index (χ0v) is 16.7. The number of nitrogens with one attached hydrogen (secondary N) is 1. The molecule has 3 rings (SSSR count). The molecule has 0 bridgehead atoms. The van der Waals surface area contributed by atoms with E-state index < -0.39 is 15.9 Å². The zero-order chi connectivity index (χ0) is 20.6. The summed E-state index contributed by atoms with van der Waals surface area (Å²) in [5.41, 5.74) is 2.77. The molecule has 146 valence electrons. The Morgan fingerprint density at radius 2 is 1.79 bits per heavy atom. The average Bonchev–Trinajstić information content (AvgIpc) is 2.88. The number of carbonyl (C=O) groups is 2. The lowest BCUT2D eigenvalue weighted by atomic mass is 10.1. The topological polar surface area (TPSA) is 86.8 Å². The van der Waals surface area contributed by atoms with Gasteiger partial charge in [0, 0.05) is 36.6 Å². The van der Waals surface area contributed by atoms with Crippen molar-refractivity contribution in [3.63, 3.8) is 0 Å². The van der Waals surface area contributed by atoms with Crippen LogP contribution < -0.4 is 5.32 Å². The lowest BCUT2D eigenvalue weighted by molar-refractivity contribution is -0.116. The SMILES string of the molecule is C=C1c2ccccc2C(=O)N1CC(=O)Nc1cc(S(=O)(=O)N(C)C)ccc1C. The Morgan fingerprint density at radius 3 is 2.39 bits per heavy atom.